The minimum Gasteiger partial charge on any atom is -0.462 e. The van der Waals surface area contributed by atoms with Gasteiger partial charge in [0.1, 0.15) is 6.07 Å². The van der Waals surface area contributed by atoms with Gasteiger partial charge in [-0.3, -0.25) is 0 Å². The molecule has 0 saturated carbocycles. The van der Waals surface area contributed by atoms with Gasteiger partial charge < -0.3 is 4.74 Å². The highest BCUT2D eigenvalue weighted by molar-refractivity contribution is 14.1. The molecule has 1 aromatic carbocycles. The van der Waals surface area contributed by atoms with Crippen LogP contribution in [0.25, 0.3) is 0 Å². The minimum absolute atomic E-state index is 0.298. The van der Waals surface area contributed by atoms with Gasteiger partial charge in [0.15, 0.2) is 0 Å². The lowest BCUT2D eigenvalue weighted by Gasteiger charge is -2.07. The second-order valence-corrected chi connectivity index (χ2v) is 4.55. The summed E-state index contributed by atoms with van der Waals surface area (Å²) >= 11 is 5.31. The van der Waals surface area contributed by atoms with Gasteiger partial charge in [0.05, 0.1) is 17.7 Å². The number of hydrogen-bond donors (Lipinski definition) is 0. The van der Waals surface area contributed by atoms with Gasteiger partial charge in [-0.1, -0.05) is 0 Å². The number of nitriles is 1. The molecule has 0 radical (unpaired) electrons. The summed E-state index contributed by atoms with van der Waals surface area (Å²) in [5, 5.41) is 8.87. The highest BCUT2D eigenvalue weighted by atomic mass is 127. The Morgan fingerprint density at radius 1 is 1.67 bits per heavy atom. The maximum Gasteiger partial charge on any atom is 0.340 e. The van der Waals surface area contributed by atoms with Crippen molar-refractivity contribution in [2.45, 2.75) is 6.92 Å². The van der Waals surface area contributed by atoms with E-state index in [-0.39, 0.29) is 0 Å². The molecule has 0 heterocycles. The van der Waals surface area contributed by atoms with Gasteiger partial charge in [-0.25, -0.2) is 4.79 Å². The molecule has 0 bridgehead atoms. The molecule has 0 atom stereocenters. The average molecular weight is 380 g/mol. The lowest BCUT2D eigenvalue weighted by Crippen LogP contribution is -2.09. The summed E-state index contributed by atoms with van der Waals surface area (Å²) in [6.07, 6.45) is 0. The number of hydrogen-bond acceptors (Lipinski definition) is 3. The zero-order chi connectivity index (χ0) is 11.4. The molecule has 0 aromatic heterocycles. The van der Waals surface area contributed by atoms with Crippen LogP contribution < -0.4 is 0 Å². The van der Waals surface area contributed by atoms with Crippen LogP contribution in [0.4, 0.5) is 0 Å². The van der Waals surface area contributed by atoms with Crippen LogP contribution in [0.15, 0.2) is 16.6 Å². The summed E-state index contributed by atoms with van der Waals surface area (Å²) in [4.78, 5) is 11.6. The van der Waals surface area contributed by atoms with E-state index in [4.69, 9.17) is 10.00 Å². The highest BCUT2D eigenvalue weighted by Gasteiger charge is 2.18. The Bertz CT molecular complexity index is 440. The summed E-state index contributed by atoms with van der Waals surface area (Å²) in [6, 6.07) is 5.31. The first kappa shape index (κ1) is 12.5. The van der Waals surface area contributed by atoms with Crippen molar-refractivity contribution >= 4 is 44.5 Å². The van der Waals surface area contributed by atoms with Crippen molar-refractivity contribution in [3.05, 3.63) is 31.3 Å². The molecule has 0 fully saturated rings. The van der Waals surface area contributed by atoms with Crippen molar-refractivity contribution in [2.24, 2.45) is 0 Å². The first-order chi connectivity index (χ1) is 7.11. The Labute approximate surface area is 110 Å². The van der Waals surface area contributed by atoms with Gasteiger partial charge in [0.25, 0.3) is 0 Å². The van der Waals surface area contributed by atoms with Gasteiger partial charge in [-0.05, 0) is 57.6 Å². The Morgan fingerprint density at radius 2 is 2.33 bits per heavy atom. The summed E-state index contributed by atoms with van der Waals surface area (Å²) in [5.74, 6) is -0.459. The molecule has 15 heavy (non-hydrogen) atoms. The van der Waals surface area contributed by atoms with Crippen LogP contribution in [0.1, 0.15) is 22.8 Å². The second-order valence-electron chi connectivity index (χ2n) is 2.62. The molecule has 0 aliphatic carbocycles. The van der Waals surface area contributed by atoms with Gasteiger partial charge in [-0.2, -0.15) is 5.26 Å². The van der Waals surface area contributed by atoms with Crippen LogP contribution in [-0.2, 0) is 4.74 Å². The van der Waals surface area contributed by atoms with E-state index in [1.807, 2.05) is 28.7 Å². The van der Waals surface area contributed by atoms with Gasteiger partial charge in [0.2, 0.25) is 0 Å². The third kappa shape index (κ3) is 2.69. The predicted octanol–water partition coefficient (Wildman–Crippen LogP) is 3.10. The van der Waals surface area contributed by atoms with E-state index in [1.165, 1.54) is 0 Å². The molecule has 5 heteroatoms. The maximum atomic E-state index is 11.6. The lowest BCUT2D eigenvalue weighted by molar-refractivity contribution is 0.0524. The van der Waals surface area contributed by atoms with E-state index in [1.54, 1.807) is 19.1 Å². The molecule has 0 aliphatic heterocycles. The molecule has 78 valence electrons. The lowest BCUT2D eigenvalue weighted by atomic mass is 10.1. The average Bonchev–Trinajstić information content (AvgIpc) is 2.22. The Hall–Kier alpha value is -0.610. The molecule has 0 aliphatic rings. The molecule has 0 spiro atoms. The fourth-order valence-corrected chi connectivity index (χ4v) is 2.07. The molecule has 0 N–H and O–H groups in total. The summed E-state index contributed by atoms with van der Waals surface area (Å²) in [7, 11) is 0. The Morgan fingerprint density at radius 3 is 2.87 bits per heavy atom. The number of carbonyl (C=O) groups is 1. The van der Waals surface area contributed by atoms with Crippen LogP contribution >= 0.6 is 38.5 Å². The van der Waals surface area contributed by atoms with E-state index < -0.39 is 5.97 Å². The van der Waals surface area contributed by atoms with Crippen molar-refractivity contribution in [2.75, 3.05) is 6.61 Å². The van der Waals surface area contributed by atoms with E-state index in [0.29, 0.717) is 21.3 Å². The fourth-order valence-electron chi connectivity index (χ4n) is 1.05. The molecule has 1 aromatic rings. The monoisotopic (exact) mass is 379 g/mol. The number of nitrogens with zero attached hydrogens (tertiary/aromatic N) is 1. The second kappa shape index (κ2) is 5.47. The van der Waals surface area contributed by atoms with Crippen LogP contribution in [0.2, 0.25) is 0 Å². The quantitative estimate of drug-likeness (QED) is 0.586. The molecular weight excluding hydrogens is 373 g/mol. The largest absolute Gasteiger partial charge is 0.462 e. The van der Waals surface area contributed by atoms with Gasteiger partial charge >= 0.3 is 5.97 Å². The first-order valence-corrected chi connectivity index (χ1v) is 6.04. The van der Waals surface area contributed by atoms with E-state index in [2.05, 4.69) is 15.9 Å². The SMILES string of the molecule is CCOC(=O)c1c(C#N)ccc(Br)c1I. The number of ether oxygens (including phenoxy) is 1. The van der Waals surface area contributed by atoms with Crippen molar-refractivity contribution in [1.82, 2.24) is 0 Å². The molecule has 0 unspecified atom stereocenters. The molecular formula is C10H7BrINO2. The zero-order valence-electron chi connectivity index (χ0n) is 7.88. The van der Waals surface area contributed by atoms with E-state index in [0.717, 1.165) is 4.47 Å². The highest BCUT2D eigenvalue weighted by Crippen LogP contribution is 2.26. The normalized spacial score (nSPS) is 9.47. The summed E-state index contributed by atoms with van der Waals surface area (Å²) < 4.78 is 6.37. The minimum atomic E-state index is -0.459. The van der Waals surface area contributed by atoms with E-state index >= 15 is 0 Å². The number of carbonyl (C=O) groups excluding carboxylic acids is 1. The van der Waals surface area contributed by atoms with Crippen molar-refractivity contribution in [1.29, 1.82) is 5.26 Å². The fraction of sp³-hybridized carbons (Fsp3) is 0.200. The van der Waals surface area contributed by atoms with Crippen LogP contribution in [-0.4, -0.2) is 12.6 Å². The summed E-state index contributed by atoms with van der Waals surface area (Å²) in [6.45, 7) is 2.03. The molecule has 1 rings (SSSR count). The Kier molecular flexibility index (Phi) is 4.54. The number of benzene rings is 1. The first-order valence-electron chi connectivity index (χ1n) is 4.17. The van der Waals surface area contributed by atoms with Crippen LogP contribution in [0, 0.1) is 14.9 Å². The number of esters is 1. The van der Waals surface area contributed by atoms with Crippen molar-refractivity contribution in [3.63, 3.8) is 0 Å². The van der Waals surface area contributed by atoms with Crippen LogP contribution in [0.5, 0.6) is 0 Å². The number of halogens is 2. The summed E-state index contributed by atoms with van der Waals surface area (Å²) in [5.41, 5.74) is 0.662. The maximum absolute atomic E-state index is 11.6. The third-order valence-electron chi connectivity index (χ3n) is 1.69. The standard InChI is InChI=1S/C10H7BrINO2/c1-2-15-10(14)8-6(5-13)3-4-7(11)9(8)12/h3-4H,2H2,1H3. The third-order valence-corrected chi connectivity index (χ3v) is 4.22. The van der Waals surface area contributed by atoms with Gasteiger partial charge in [-0.15, -0.1) is 0 Å². The number of rotatable bonds is 2. The predicted molar refractivity (Wildman–Crippen MR) is 67.5 cm³/mol. The zero-order valence-corrected chi connectivity index (χ0v) is 11.6. The molecule has 0 saturated heterocycles. The molecule has 3 nitrogen and oxygen atoms in total. The van der Waals surface area contributed by atoms with Gasteiger partial charge in [0, 0.05) is 8.04 Å². The van der Waals surface area contributed by atoms with Crippen LogP contribution in [0.3, 0.4) is 0 Å². The van der Waals surface area contributed by atoms with E-state index in [9.17, 15) is 4.79 Å². The van der Waals surface area contributed by atoms with Crippen molar-refractivity contribution in [3.8, 4) is 6.07 Å². The van der Waals surface area contributed by atoms with Crippen molar-refractivity contribution < 1.29 is 9.53 Å². The topological polar surface area (TPSA) is 50.1 Å². The Balaban J connectivity index is 3.31. The molecule has 0 amide bonds. The smallest absolute Gasteiger partial charge is 0.340 e.